The van der Waals surface area contributed by atoms with Gasteiger partial charge in [0.1, 0.15) is 5.75 Å². The average Bonchev–Trinajstić information content (AvgIpc) is 2.74. The van der Waals surface area contributed by atoms with Crippen LogP contribution in [0.25, 0.3) is 10.8 Å². The second kappa shape index (κ2) is 16.3. The number of fused-ring (bicyclic) bond motifs is 1. The van der Waals surface area contributed by atoms with E-state index in [9.17, 15) is 4.79 Å². The number of nitrogens with zero attached hydrogens (tertiary/aromatic N) is 1. The summed E-state index contributed by atoms with van der Waals surface area (Å²) < 4.78 is 6.30. The van der Waals surface area contributed by atoms with Gasteiger partial charge in [-0.3, -0.25) is 0 Å². The number of hydrogen-bond acceptors (Lipinski definition) is 2. The molecule has 2 rings (SSSR count). The number of benzene rings is 2. The van der Waals surface area contributed by atoms with Crippen LogP contribution in [-0.4, -0.2) is 37.6 Å². The highest BCUT2D eigenvalue weighted by molar-refractivity contribution is 5.84. The van der Waals surface area contributed by atoms with Crippen molar-refractivity contribution < 1.29 is 31.0 Å². The van der Waals surface area contributed by atoms with E-state index in [-0.39, 0.29) is 23.0 Å². The van der Waals surface area contributed by atoms with E-state index in [1.807, 2.05) is 36.4 Å². The first kappa shape index (κ1) is 28.6. The maximum absolute atomic E-state index is 12.4. The van der Waals surface area contributed by atoms with Gasteiger partial charge in [-0.05, 0) is 35.7 Å². The lowest BCUT2D eigenvalue weighted by Crippen LogP contribution is -3.00. The fraction of sp³-hybridized carbons (Fsp3) is 0.607. The normalized spacial score (nSPS) is 11.3. The minimum absolute atomic E-state index is 0. The summed E-state index contributed by atoms with van der Waals surface area (Å²) in [6.45, 7) is 3.70. The largest absolute Gasteiger partial charge is 1.00 e. The number of ether oxygens (including phenoxy) is 1. The van der Waals surface area contributed by atoms with Crippen molar-refractivity contribution in [3.05, 3.63) is 42.5 Å². The van der Waals surface area contributed by atoms with Crippen LogP contribution in [0.4, 0.5) is 0 Å². The summed E-state index contributed by atoms with van der Waals surface area (Å²) in [5.74, 6) is 0.480. The molecule has 0 saturated carbocycles. The zero-order chi connectivity index (χ0) is 22.4. The molecule has 0 saturated heterocycles. The minimum Gasteiger partial charge on any atom is -1.00 e. The molecule has 4 heteroatoms. The van der Waals surface area contributed by atoms with E-state index in [0.717, 1.165) is 17.3 Å². The highest BCUT2D eigenvalue weighted by Gasteiger charge is 2.21. The SMILES string of the molecule is CCCCCCCCCCCCCC[N+](C)(C)CC(=O)Oc1ccc2ccccc2c1.[Br-]. The van der Waals surface area contributed by atoms with Crippen LogP contribution < -0.4 is 21.7 Å². The van der Waals surface area contributed by atoms with Crippen molar-refractivity contribution in [1.82, 2.24) is 0 Å². The molecule has 0 atom stereocenters. The monoisotopic (exact) mass is 505 g/mol. The lowest BCUT2D eigenvalue weighted by Gasteiger charge is -2.28. The predicted octanol–water partition coefficient (Wildman–Crippen LogP) is 4.53. The first-order valence-corrected chi connectivity index (χ1v) is 12.5. The van der Waals surface area contributed by atoms with E-state index in [4.69, 9.17) is 4.74 Å². The lowest BCUT2D eigenvalue weighted by atomic mass is 10.1. The molecule has 2 aromatic rings. The summed E-state index contributed by atoms with van der Waals surface area (Å²) in [5, 5.41) is 2.25. The number of carbonyl (C=O) groups is 1. The predicted molar refractivity (Wildman–Crippen MR) is 133 cm³/mol. The Balaban J connectivity index is 0.00000512. The lowest BCUT2D eigenvalue weighted by molar-refractivity contribution is -0.883. The quantitative estimate of drug-likeness (QED) is 0.145. The fourth-order valence-electron chi connectivity index (χ4n) is 4.20. The third-order valence-corrected chi connectivity index (χ3v) is 6.13. The molecule has 0 aliphatic carbocycles. The number of unbranched alkanes of at least 4 members (excludes halogenated alkanes) is 11. The fourth-order valence-corrected chi connectivity index (χ4v) is 4.20. The molecule has 0 heterocycles. The van der Waals surface area contributed by atoms with Gasteiger partial charge in [0.05, 0.1) is 20.6 Å². The Hall–Kier alpha value is -1.39. The van der Waals surface area contributed by atoms with E-state index >= 15 is 0 Å². The van der Waals surface area contributed by atoms with Crippen LogP contribution in [0, 0.1) is 0 Å². The van der Waals surface area contributed by atoms with Crippen LogP contribution >= 0.6 is 0 Å². The van der Waals surface area contributed by atoms with E-state index in [1.54, 1.807) is 0 Å². The second-order valence-corrected chi connectivity index (χ2v) is 9.69. The van der Waals surface area contributed by atoms with E-state index < -0.39 is 0 Å². The van der Waals surface area contributed by atoms with Gasteiger partial charge in [-0.25, -0.2) is 4.79 Å². The van der Waals surface area contributed by atoms with Crippen LogP contribution in [-0.2, 0) is 4.79 Å². The number of esters is 1. The molecule has 0 aromatic heterocycles. The maximum Gasteiger partial charge on any atom is 0.367 e. The smallest absolute Gasteiger partial charge is 0.367 e. The molecule has 0 amide bonds. The van der Waals surface area contributed by atoms with Crippen molar-refractivity contribution in [2.24, 2.45) is 0 Å². The van der Waals surface area contributed by atoms with Gasteiger partial charge < -0.3 is 26.2 Å². The van der Waals surface area contributed by atoms with Gasteiger partial charge in [-0.2, -0.15) is 0 Å². The molecular formula is C28H44BrNO2. The van der Waals surface area contributed by atoms with Gasteiger partial charge >= 0.3 is 5.97 Å². The number of quaternary nitrogens is 1. The second-order valence-electron chi connectivity index (χ2n) is 9.69. The summed E-state index contributed by atoms with van der Waals surface area (Å²) in [6.07, 6.45) is 16.3. The number of likely N-dealkylation sites (N-methyl/N-ethyl adjacent to an activating group) is 1. The zero-order valence-corrected chi connectivity index (χ0v) is 22.2. The van der Waals surface area contributed by atoms with E-state index in [0.29, 0.717) is 16.8 Å². The third-order valence-electron chi connectivity index (χ3n) is 6.13. The Kier molecular flexibility index (Phi) is 14.6. The van der Waals surface area contributed by atoms with Gasteiger partial charge in [0.25, 0.3) is 0 Å². The van der Waals surface area contributed by atoms with Crippen LogP contribution in [0.5, 0.6) is 5.75 Å². The molecule has 0 fully saturated rings. The minimum atomic E-state index is -0.154. The van der Waals surface area contributed by atoms with Gasteiger partial charge in [0.2, 0.25) is 0 Å². The Morgan fingerprint density at radius 3 is 1.88 bits per heavy atom. The highest BCUT2D eigenvalue weighted by Crippen LogP contribution is 2.21. The Morgan fingerprint density at radius 2 is 1.28 bits per heavy atom. The van der Waals surface area contributed by atoms with Crippen molar-refractivity contribution >= 4 is 16.7 Å². The van der Waals surface area contributed by atoms with Gasteiger partial charge in [0, 0.05) is 0 Å². The summed E-state index contributed by atoms with van der Waals surface area (Å²) in [6, 6.07) is 14.0. The van der Waals surface area contributed by atoms with Gasteiger partial charge in [-0.1, -0.05) is 101 Å². The first-order valence-electron chi connectivity index (χ1n) is 12.5. The van der Waals surface area contributed by atoms with Crippen molar-refractivity contribution in [3.8, 4) is 5.75 Å². The molecule has 32 heavy (non-hydrogen) atoms. The van der Waals surface area contributed by atoms with Crippen LogP contribution in [0.1, 0.15) is 84.0 Å². The summed E-state index contributed by atoms with van der Waals surface area (Å²) in [4.78, 5) is 12.4. The molecule has 0 N–H and O–H groups in total. The standard InChI is InChI=1S/C28H44NO2.BrH/c1-4-5-6-7-8-9-10-11-12-13-14-17-22-29(2,3)24-28(30)31-27-21-20-25-18-15-16-19-26(25)23-27;/h15-16,18-21,23H,4-14,17,22,24H2,1-3H3;1H/q+1;/p-1. The van der Waals surface area contributed by atoms with Gasteiger partial charge in [-0.15, -0.1) is 0 Å². The molecule has 0 unspecified atom stereocenters. The molecule has 0 aliphatic heterocycles. The van der Waals surface area contributed by atoms with Gasteiger partial charge in [0.15, 0.2) is 6.54 Å². The Bertz CT molecular complexity index is 775. The molecule has 0 aliphatic rings. The third kappa shape index (κ3) is 12.0. The number of hydrogen-bond donors (Lipinski definition) is 0. The maximum atomic E-state index is 12.4. The summed E-state index contributed by atoms with van der Waals surface area (Å²) in [5.41, 5.74) is 0. The highest BCUT2D eigenvalue weighted by atomic mass is 79.9. The molecule has 0 spiro atoms. The Morgan fingerprint density at radius 1 is 0.750 bits per heavy atom. The van der Waals surface area contributed by atoms with Crippen molar-refractivity contribution in [1.29, 1.82) is 0 Å². The molecule has 0 radical (unpaired) electrons. The van der Waals surface area contributed by atoms with Crippen molar-refractivity contribution in [3.63, 3.8) is 0 Å². The molecule has 3 nitrogen and oxygen atoms in total. The Labute approximate surface area is 206 Å². The molecule has 180 valence electrons. The topological polar surface area (TPSA) is 26.3 Å². The number of halogens is 1. The summed E-state index contributed by atoms with van der Waals surface area (Å²) >= 11 is 0. The summed E-state index contributed by atoms with van der Waals surface area (Å²) in [7, 11) is 4.25. The van der Waals surface area contributed by atoms with Crippen molar-refractivity contribution in [2.75, 3.05) is 27.2 Å². The van der Waals surface area contributed by atoms with Crippen molar-refractivity contribution in [2.45, 2.75) is 84.0 Å². The van der Waals surface area contributed by atoms with Crippen LogP contribution in [0.3, 0.4) is 0 Å². The van der Waals surface area contributed by atoms with E-state index in [2.05, 4.69) is 27.1 Å². The molecule has 0 bridgehead atoms. The van der Waals surface area contributed by atoms with Crippen LogP contribution in [0.15, 0.2) is 42.5 Å². The van der Waals surface area contributed by atoms with E-state index in [1.165, 1.54) is 77.0 Å². The molecular weight excluding hydrogens is 462 g/mol. The first-order chi connectivity index (χ1) is 15.0. The number of rotatable bonds is 16. The molecule has 2 aromatic carbocycles. The van der Waals surface area contributed by atoms with Crippen LogP contribution in [0.2, 0.25) is 0 Å². The zero-order valence-electron chi connectivity index (χ0n) is 20.6. The number of carbonyl (C=O) groups excluding carboxylic acids is 1. The average molecular weight is 507 g/mol.